The van der Waals surface area contributed by atoms with Crippen LogP contribution in [0, 0.1) is 0 Å². The van der Waals surface area contributed by atoms with Crippen molar-refractivity contribution in [1.82, 2.24) is 9.47 Å². The number of para-hydroxylation sites is 1. The molecule has 2 aromatic rings. The van der Waals surface area contributed by atoms with Crippen molar-refractivity contribution in [2.45, 2.75) is 38.1 Å². The summed E-state index contributed by atoms with van der Waals surface area (Å²) < 4.78 is 3.20. The third-order valence-corrected chi connectivity index (χ3v) is 6.24. The largest absolute Gasteiger partial charge is 0.333 e. The summed E-state index contributed by atoms with van der Waals surface area (Å²) in [7, 11) is 0. The summed E-state index contributed by atoms with van der Waals surface area (Å²) in [4.78, 5) is 14.6. The van der Waals surface area contributed by atoms with Gasteiger partial charge in [-0.25, -0.2) is 0 Å². The van der Waals surface area contributed by atoms with Crippen LogP contribution in [0.25, 0.3) is 10.9 Å². The number of benzene rings is 1. The molecule has 1 aliphatic rings. The zero-order valence-electron chi connectivity index (χ0n) is 13.5. The molecule has 2 heterocycles. The summed E-state index contributed by atoms with van der Waals surface area (Å²) in [6.07, 6.45) is 5.84. The molecule has 0 spiro atoms. The summed E-state index contributed by atoms with van der Waals surface area (Å²) in [5.74, 6) is 1.19. The zero-order valence-corrected chi connectivity index (χ0v) is 15.9. The highest BCUT2D eigenvalue weighted by Crippen LogP contribution is 2.25. The quantitative estimate of drug-likeness (QED) is 0.771. The fourth-order valence-electron chi connectivity index (χ4n) is 3.34. The molecule has 0 bridgehead atoms. The molecule has 1 aromatic heterocycles. The van der Waals surface area contributed by atoms with Crippen molar-refractivity contribution < 1.29 is 0 Å². The van der Waals surface area contributed by atoms with Crippen molar-refractivity contribution in [2.75, 3.05) is 18.8 Å². The monoisotopic (exact) mass is 394 g/mol. The van der Waals surface area contributed by atoms with Crippen LogP contribution in [-0.2, 0) is 6.67 Å². The Balaban J connectivity index is 1.89. The standard InChI is InChI=1S/C18H23BrN2OS/c1-2-23-14-6-3-4-10-20(12-14)13-21-11-9-17(22)15-7-5-8-16(19)18(15)21/h5,7-9,11,14H,2-4,6,10,12-13H2,1H3/t14-/m0/s1. The highest BCUT2D eigenvalue weighted by atomic mass is 79.9. The molecular formula is C18H23BrN2OS. The van der Waals surface area contributed by atoms with E-state index in [1.165, 1.54) is 25.0 Å². The molecule has 23 heavy (non-hydrogen) atoms. The minimum absolute atomic E-state index is 0.0906. The van der Waals surface area contributed by atoms with Gasteiger partial charge in [0.25, 0.3) is 0 Å². The van der Waals surface area contributed by atoms with Gasteiger partial charge in [0.15, 0.2) is 5.43 Å². The van der Waals surface area contributed by atoms with E-state index in [1.54, 1.807) is 6.07 Å². The normalized spacial score (nSPS) is 19.8. The lowest BCUT2D eigenvalue weighted by Crippen LogP contribution is -2.32. The van der Waals surface area contributed by atoms with Crippen LogP contribution in [-0.4, -0.2) is 33.6 Å². The molecule has 0 N–H and O–H groups in total. The number of hydrogen-bond donors (Lipinski definition) is 0. The highest BCUT2D eigenvalue weighted by molar-refractivity contribution is 9.10. The predicted octanol–water partition coefficient (Wildman–Crippen LogP) is 4.33. The molecule has 0 saturated carbocycles. The van der Waals surface area contributed by atoms with Gasteiger partial charge >= 0.3 is 0 Å². The van der Waals surface area contributed by atoms with E-state index in [4.69, 9.17) is 0 Å². The molecule has 1 aliphatic heterocycles. The average molecular weight is 395 g/mol. The molecule has 1 saturated heterocycles. The number of hydrogen-bond acceptors (Lipinski definition) is 3. The van der Waals surface area contributed by atoms with Gasteiger partial charge in [0, 0.05) is 33.9 Å². The van der Waals surface area contributed by atoms with Crippen molar-refractivity contribution in [3.63, 3.8) is 0 Å². The second kappa shape index (κ2) is 7.86. The molecule has 3 nitrogen and oxygen atoms in total. The summed E-state index contributed by atoms with van der Waals surface area (Å²) in [5.41, 5.74) is 1.09. The first-order valence-electron chi connectivity index (χ1n) is 8.30. The molecule has 0 amide bonds. The number of aromatic nitrogens is 1. The summed E-state index contributed by atoms with van der Waals surface area (Å²) in [6, 6.07) is 7.54. The fraction of sp³-hybridized carbons (Fsp3) is 0.500. The topological polar surface area (TPSA) is 25.2 Å². The zero-order chi connectivity index (χ0) is 16.2. The minimum atomic E-state index is 0.0906. The van der Waals surface area contributed by atoms with Gasteiger partial charge in [-0.1, -0.05) is 19.4 Å². The lowest BCUT2D eigenvalue weighted by Gasteiger charge is -2.26. The highest BCUT2D eigenvalue weighted by Gasteiger charge is 2.18. The van der Waals surface area contributed by atoms with Crippen LogP contribution in [0.3, 0.4) is 0 Å². The maximum Gasteiger partial charge on any atom is 0.189 e. The molecule has 0 unspecified atom stereocenters. The van der Waals surface area contributed by atoms with Crippen LogP contribution >= 0.6 is 27.7 Å². The molecule has 3 rings (SSSR count). The van der Waals surface area contributed by atoms with Crippen LogP contribution in [0.5, 0.6) is 0 Å². The lowest BCUT2D eigenvalue weighted by atomic mass is 10.2. The molecule has 1 atom stereocenters. The number of thioether (sulfide) groups is 1. The van der Waals surface area contributed by atoms with Crippen LogP contribution in [0.15, 0.2) is 39.7 Å². The van der Waals surface area contributed by atoms with E-state index in [-0.39, 0.29) is 5.43 Å². The van der Waals surface area contributed by atoms with Crippen molar-refractivity contribution in [2.24, 2.45) is 0 Å². The molecule has 124 valence electrons. The number of rotatable bonds is 4. The number of fused-ring (bicyclic) bond motifs is 1. The first-order chi connectivity index (χ1) is 11.2. The lowest BCUT2D eigenvalue weighted by molar-refractivity contribution is 0.232. The number of halogens is 1. The van der Waals surface area contributed by atoms with Crippen molar-refractivity contribution >= 4 is 38.6 Å². The summed E-state index contributed by atoms with van der Waals surface area (Å²) in [5, 5.41) is 1.52. The Bertz CT molecular complexity index is 731. The third-order valence-electron chi connectivity index (χ3n) is 4.41. The average Bonchev–Trinajstić information content (AvgIpc) is 2.76. The SMILES string of the molecule is CCS[C@H]1CCCCN(Cn2ccc(=O)c3cccc(Br)c32)C1. The molecule has 0 aliphatic carbocycles. The van der Waals surface area contributed by atoms with Crippen LogP contribution in [0.4, 0.5) is 0 Å². The van der Waals surface area contributed by atoms with E-state index in [2.05, 4.69) is 44.1 Å². The number of likely N-dealkylation sites (tertiary alicyclic amines) is 1. The van der Waals surface area contributed by atoms with Crippen LogP contribution in [0.1, 0.15) is 26.2 Å². The molecule has 1 aromatic carbocycles. The van der Waals surface area contributed by atoms with E-state index in [0.29, 0.717) is 0 Å². The van der Waals surface area contributed by atoms with Crippen molar-refractivity contribution in [1.29, 1.82) is 0 Å². The van der Waals surface area contributed by atoms with Gasteiger partial charge in [0.2, 0.25) is 0 Å². The van der Waals surface area contributed by atoms with E-state index in [1.807, 2.05) is 24.4 Å². The van der Waals surface area contributed by atoms with Crippen molar-refractivity contribution in [3.05, 3.63) is 45.2 Å². The predicted molar refractivity (Wildman–Crippen MR) is 103 cm³/mol. The Morgan fingerprint density at radius 2 is 2.17 bits per heavy atom. The Morgan fingerprint density at radius 3 is 3.00 bits per heavy atom. The maximum absolute atomic E-state index is 12.1. The van der Waals surface area contributed by atoms with Gasteiger partial charge in [-0.2, -0.15) is 11.8 Å². The van der Waals surface area contributed by atoms with Gasteiger partial charge in [-0.15, -0.1) is 0 Å². The van der Waals surface area contributed by atoms with Crippen LogP contribution in [0.2, 0.25) is 0 Å². The van der Waals surface area contributed by atoms with Crippen molar-refractivity contribution in [3.8, 4) is 0 Å². The first kappa shape index (κ1) is 17.1. The van der Waals surface area contributed by atoms with Gasteiger partial charge in [0.1, 0.15) is 0 Å². The van der Waals surface area contributed by atoms with E-state index >= 15 is 0 Å². The Labute approximate surface area is 150 Å². The first-order valence-corrected chi connectivity index (χ1v) is 10.1. The van der Waals surface area contributed by atoms with E-state index in [9.17, 15) is 4.79 Å². The second-order valence-electron chi connectivity index (χ2n) is 6.08. The summed E-state index contributed by atoms with van der Waals surface area (Å²) in [6.45, 7) is 5.36. The molecule has 1 fully saturated rings. The van der Waals surface area contributed by atoms with Gasteiger partial charge in [0.05, 0.1) is 12.2 Å². The smallest absolute Gasteiger partial charge is 0.189 e. The minimum Gasteiger partial charge on any atom is -0.333 e. The third kappa shape index (κ3) is 4.01. The van der Waals surface area contributed by atoms with Gasteiger partial charge < -0.3 is 4.57 Å². The molecular weight excluding hydrogens is 372 g/mol. The molecule has 5 heteroatoms. The fourth-order valence-corrected chi connectivity index (χ4v) is 5.05. The van der Waals surface area contributed by atoms with Crippen LogP contribution < -0.4 is 5.43 Å². The van der Waals surface area contributed by atoms with E-state index < -0.39 is 0 Å². The van der Waals surface area contributed by atoms with Gasteiger partial charge in [-0.05, 0) is 53.2 Å². The Hall–Kier alpha value is -0.780. The van der Waals surface area contributed by atoms with Gasteiger partial charge in [-0.3, -0.25) is 9.69 Å². The number of pyridine rings is 1. The molecule has 0 radical (unpaired) electrons. The summed E-state index contributed by atoms with van der Waals surface area (Å²) >= 11 is 5.70. The van der Waals surface area contributed by atoms with E-state index in [0.717, 1.165) is 40.4 Å². The Morgan fingerprint density at radius 1 is 1.30 bits per heavy atom. The Kier molecular flexibility index (Phi) is 5.83. The maximum atomic E-state index is 12.1. The number of nitrogens with zero attached hydrogens (tertiary/aromatic N) is 2. The second-order valence-corrected chi connectivity index (χ2v) is 8.51.